The van der Waals surface area contributed by atoms with Crippen LogP contribution in [-0.4, -0.2) is 37.8 Å². The zero-order valence-electron chi connectivity index (χ0n) is 15.3. The number of benzene rings is 2. The second kappa shape index (κ2) is 7.35. The molecule has 2 aromatic carbocycles. The van der Waals surface area contributed by atoms with Gasteiger partial charge in [-0.15, -0.1) is 5.10 Å². The first-order valence-electron chi connectivity index (χ1n) is 8.28. The summed E-state index contributed by atoms with van der Waals surface area (Å²) < 4.78 is 0. The van der Waals surface area contributed by atoms with Gasteiger partial charge in [0.1, 0.15) is 6.17 Å². The van der Waals surface area contributed by atoms with Crippen molar-refractivity contribution in [3.8, 4) is 0 Å². The van der Waals surface area contributed by atoms with E-state index in [9.17, 15) is 4.79 Å². The molecule has 7 heteroatoms. The summed E-state index contributed by atoms with van der Waals surface area (Å²) in [5, 5.41) is 8.71. The Labute approximate surface area is 158 Å². The van der Waals surface area contributed by atoms with Crippen molar-refractivity contribution >= 4 is 34.6 Å². The molecule has 1 aliphatic heterocycles. The predicted octanol–water partition coefficient (Wildman–Crippen LogP) is 3.26. The minimum Gasteiger partial charge on any atom is -0.378 e. The first-order valence-corrected chi connectivity index (χ1v) is 8.66. The summed E-state index contributed by atoms with van der Waals surface area (Å²) in [7, 11) is 5.80. The van der Waals surface area contributed by atoms with Crippen LogP contribution in [0.25, 0.3) is 0 Å². The molecule has 0 aromatic heterocycles. The fourth-order valence-electron chi connectivity index (χ4n) is 2.80. The third-order valence-corrected chi connectivity index (χ3v) is 4.46. The standard InChI is InChI=1S/C19H22ClN5O/c1-13(26)18-22-25(17-11-7-15(20)8-12-17)19(21-24(18)4)14-5-9-16(10-6-14)23(2)3/h5-12,19,21H,1-4H3/t19-/m0/s1. The molecule has 3 rings (SSSR count). The molecule has 0 unspecified atom stereocenters. The van der Waals surface area contributed by atoms with Gasteiger partial charge in [-0.3, -0.25) is 9.80 Å². The van der Waals surface area contributed by atoms with Gasteiger partial charge in [0.2, 0.25) is 5.84 Å². The Hall–Kier alpha value is -2.57. The second-order valence-electron chi connectivity index (χ2n) is 6.38. The number of carbonyl (C=O) groups is 1. The number of Topliss-reactive ketones (excluding diaryl/α,β-unsaturated/α-hetero) is 1. The number of amidine groups is 1. The van der Waals surface area contributed by atoms with Crippen LogP contribution in [0.5, 0.6) is 0 Å². The number of anilines is 2. The second-order valence-corrected chi connectivity index (χ2v) is 6.81. The van der Waals surface area contributed by atoms with Crippen molar-refractivity contribution in [1.29, 1.82) is 0 Å². The Bertz CT molecular complexity index is 817. The lowest BCUT2D eigenvalue weighted by Gasteiger charge is -2.39. The maximum Gasteiger partial charge on any atom is 0.206 e. The highest BCUT2D eigenvalue weighted by molar-refractivity contribution is 6.37. The number of nitrogens with zero attached hydrogens (tertiary/aromatic N) is 4. The number of nitrogens with one attached hydrogen (secondary N) is 1. The van der Waals surface area contributed by atoms with Gasteiger partial charge in [-0.25, -0.2) is 10.4 Å². The summed E-state index contributed by atoms with van der Waals surface area (Å²) in [4.78, 5) is 14.0. The number of hydrazine groups is 1. The molecular formula is C19H22ClN5O. The molecule has 1 aliphatic rings. The van der Waals surface area contributed by atoms with Gasteiger partial charge in [-0.2, -0.15) is 0 Å². The third-order valence-electron chi connectivity index (χ3n) is 4.21. The van der Waals surface area contributed by atoms with Gasteiger partial charge in [-0.05, 0) is 42.0 Å². The van der Waals surface area contributed by atoms with Crippen molar-refractivity contribution in [2.45, 2.75) is 13.1 Å². The first-order chi connectivity index (χ1) is 12.4. The van der Waals surface area contributed by atoms with Gasteiger partial charge < -0.3 is 4.90 Å². The molecule has 0 spiro atoms. The predicted molar refractivity (Wildman–Crippen MR) is 106 cm³/mol. The van der Waals surface area contributed by atoms with Gasteiger partial charge in [-0.1, -0.05) is 23.7 Å². The summed E-state index contributed by atoms with van der Waals surface area (Å²) in [6, 6.07) is 15.6. The summed E-state index contributed by atoms with van der Waals surface area (Å²) in [6.45, 7) is 1.50. The SMILES string of the molecule is CC(=O)C1=NN(c2ccc(Cl)cc2)[C@@H](c2ccc(N(C)C)cc2)NN1C. The summed E-state index contributed by atoms with van der Waals surface area (Å²) in [5.41, 5.74) is 6.33. The Morgan fingerprint density at radius 3 is 2.27 bits per heavy atom. The van der Waals surface area contributed by atoms with Crippen LogP contribution in [0.3, 0.4) is 0 Å². The fraction of sp³-hybridized carbons (Fsp3) is 0.263. The van der Waals surface area contributed by atoms with Gasteiger partial charge in [0, 0.05) is 38.8 Å². The Kier molecular flexibility index (Phi) is 5.15. The van der Waals surface area contributed by atoms with E-state index >= 15 is 0 Å². The van der Waals surface area contributed by atoms with E-state index in [4.69, 9.17) is 11.6 Å². The van der Waals surface area contributed by atoms with Crippen LogP contribution in [0.2, 0.25) is 5.02 Å². The van der Waals surface area contributed by atoms with Crippen molar-refractivity contribution in [3.05, 3.63) is 59.1 Å². The average Bonchev–Trinajstić information content (AvgIpc) is 2.62. The van der Waals surface area contributed by atoms with E-state index in [2.05, 4.69) is 34.8 Å². The van der Waals surface area contributed by atoms with Crippen LogP contribution in [0.4, 0.5) is 11.4 Å². The monoisotopic (exact) mass is 371 g/mol. The van der Waals surface area contributed by atoms with Crippen LogP contribution in [0.15, 0.2) is 53.6 Å². The van der Waals surface area contributed by atoms with Crippen LogP contribution in [0.1, 0.15) is 18.7 Å². The quantitative estimate of drug-likeness (QED) is 0.894. The smallest absolute Gasteiger partial charge is 0.206 e. The van der Waals surface area contributed by atoms with Crippen LogP contribution < -0.4 is 15.3 Å². The number of hydrogen-bond acceptors (Lipinski definition) is 6. The summed E-state index contributed by atoms with van der Waals surface area (Å²) >= 11 is 6.02. The number of carbonyl (C=O) groups excluding carboxylic acids is 1. The lowest BCUT2D eigenvalue weighted by molar-refractivity contribution is -0.112. The van der Waals surface area contributed by atoms with E-state index in [-0.39, 0.29) is 11.9 Å². The Balaban J connectivity index is 2.03. The molecule has 0 saturated heterocycles. The number of hydrazone groups is 1. The summed E-state index contributed by atoms with van der Waals surface area (Å²) in [5.74, 6) is 0.237. The Morgan fingerprint density at radius 2 is 1.73 bits per heavy atom. The normalized spacial score (nSPS) is 17.1. The zero-order valence-corrected chi connectivity index (χ0v) is 16.0. The van der Waals surface area contributed by atoms with Crippen LogP contribution in [-0.2, 0) is 4.79 Å². The van der Waals surface area contributed by atoms with Gasteiger partial charge in [0.15, 0.2) is 5.78 Å². The number of ketones is 1. The maximum absolute atomic E-state index is 11.9. The van der Waals surface area contributed by atoms with Gasteiger partial charge in [0.25, 0.3) is 0 Å². The van der Waals surface area contributed by atoms with Crippen LogP contribution in [0, 0.1) is 0 Å². The molecule has 0 amide bonds. The first kappa shape index (κ1) is 18.2. The van der Waals surface area contributed by atoms with Crippen molar-refractivity contribution in [2.24, 2.45) is 5.10 Å². The highest BCUT2D eigenvalue weighted by Gasteiger charge is 2.30. The molecule has 2 aromatic rings. The molecule has 1 N–H and O–H groups in total. The molecule has 26 heavy (non-hydrogen) atoms. The van der Waals surface area contributed by atoms with Crippen molar-refractivity contribution in [1.82, 2.24) is 10.4 Å². The van der Waals surface area contributed by atoms with Gasteiger partial charge in [0.05, 0.1) is 5.69 Å². The van der Waals surface area contributed by atoms with E-state index in [1.54, 1.807) is 17.1 Å². The van der Waals surface area contributed by atoms with Crippen molar-refractivity contribution in [2.75, 3.05) is 31.1 Å². The minimum atomic E-state index is -0.250. The van der Waals surface area contributed by atoms with E-state index in [1.807, 2.05) is 43.3 Å². The largest absolute Gasteiger partial charge is 0.378 e. The molecular weight excluding hydrogens is 350 g/mol. The van der Waals surface area contributed by atoms with Gasteiger partial charge >= 0.3 is 0 Å². The van der Waals surface area contributed by atoms with E-state index in [0.29, 0.717) is 10.9 Å². The molecule has 1 heterocycles. The van der Waals surface area contributed by atoms with E-state index < -0.39 is 0 Å². The number of likely N-dealkylation sites (N-methyl/N-ethyl adjacent to an activating group) is 1. The Morgan fingerprint density at radius 1 is 1.12 bits per heavy atom. The molecule has 0 aliphatic carbocycles. The topological polar surface area (TPSA) is 51.2 Å². The van der Waals surface area contributed by atoms with Crippen LogP contribution >= 0.6 is 11.6 Å². The molecule has 1 atom stereocenters. The van der Waals surface area contributed by atoms with Crippen molar-refractivity contribution < 1.29 is 4.79 Å². The van der Waals surface area contributed by atoms with E-state index in [0.717, 1.165) is 16.9 Å². The molecule has 0 saturated carbocycles. The molecule has 6 nitrogen and oxygen atoms in total. The lowest BCUT2D eigenvalue weighted by Crippen LogP contribution is -2.54. The van der Waals surface area contributed by atoms with Crippen molar-refractivity contribution in [3.63, 3.8) is 0 Å². The molecule has 0 bridgehead atoms. The number of halogens is 1. The summed E-state index contributed by atoms with van der Waals surface area (Å²) in [6.07, 6.45) is -0.250. The molecule has 136 valence electrons. The number of rotatable bonds is 4. The molecule has 0 radical (unpaired) electrons. The highest BCUT2D eigenvalue weighted by atomic mass is 35.5. The molecule has 0 fully saturated rings. The zero-order chi connectivity index (χ0) is 18.8. The number of hydrogen-bond donors (Lipinski definition) is 1. The highest BCUT2D eigenvalue weighted by Crippen LogP contribution is 2.30. The fourth-order valence-corrected chi connectivity index (χ4v) is 2.93. The minimum absolute atomic E-state index is 0.111. The third kappa shape index (κ3) is 3.66. The van der Waals surface area contributed by atoms with E-state index in [1.165, 1.54) is 6.92 Å². The lowest BCUT2D eigenvalue weighted by atomic mass is 10.1. The average molecular weight is 372 g/mol. The maximum atomic E-state index is 11.9.